The Labute approximate surface area is 156 Å². The van der Waals surface area contributed by atoms with Gasteiger partial charge in [-0.3, -0.25) is 4.79 Å². The number of carbonyl (C=O) groups is 1. The minimum absolute atomic E-state index is 0.101. The molecule has 4 nitrogen and oxygen atoms in total. The van der Waals surface area contributed by atoms with Crippen molar-refractivity contribution in [3.8, 4) is 0 Å². The number of hydrogen-bond donors (Lipinski definition) is 0. The topological polar surface area (TPSA) is 46.1 Å². The van der Waals surface area contributed by atoms with Gasteiger partial charge in [-0.25, -0.2) is 9.97 Å². The van der Waals surface area contributed by atoms with Crippen molar-refractivity contribution in [2.75, 3.05) is 12.8 Å². The van der Waals surface area contributed by atoms with Crippen LogP contribution in [0.3, 0.4) is 0 Å². The summed E-state index contributed by atoms with van der Waals surface area (Å²) in [7, 11) is 1.85. The number of hydrogen-bond acceptors (Lipinski definition) is 5. The Balaban J connectivity index is 1.69. The van der Waals surface area contributed by atoms with Crippen LogP contribution in [0.5, 0.6) is 0 Å². The van der Waals surface area contributed by atoms with E-state index in [1.807, 2.05) is 19.2 Å². The molecule has 6 heteroatoms. The number of carbonyl (C=O) groups excluding carboxylic acids is 1. The Kier molecular flexibility index (Phi) is 5.39. The van der Waals surface area contributed by atoms with Crippen LogP contribution in [0.1, 0.15) is 21.6 Å². The van der Waals surface area contributed by atoms with E-state index in [0.717, 1.165) is 15.2 Å². The molecule has 0 unspecified atom stereocenters. The van der Waals surface area contributed by atoms with Crippen LogP contribution in [-0.4, -0.2) is 33.6 Å². The molecule has 0 spiro atoms. The lowest BCUT2D eigenvalue weighted by molar-refractivity contribution is -0.127. The van der Waals surface area contributed by atoms with Gasteiger partial charge in [0.05, 0.1) is 5.75 Å². The minimum atomic E-state index is 0.101. The summed E-state index contributed by atoms with van der Waals surface area (Å²) in [5.41, 5.74) is 3.59. The average Bonchev–Trinajstić information content (AvgIpc) is 2.89. The molecule has 0 atom stereocenters. The Morgan fingerprint density at radius 1 is 1.20 bits per heavy atom. The van der Waals surface area contributed by atoms with Crippen LogP contribution >= 0.6 is 23.1 Å². The van der Waals surface area contributed by atoms with E-state index in [-0.39, 0.29) is 5.91 Å². The van der Waals surface area contributed by atoms with Gasteiger partial charge in [0.25, 0.3) is 0 Å². The SMILES string of the molecule is Cc1ccccc1CN(C)C(=O)CSc1ncnc2sc(C)c(C)c12. The molecule has 1 amide bonds. The van der Waals surface area contributed by atoms with Gasteiger partial charge in [-0.2, -0.15) is 0 Å². The summed E-state index contributed by atoms with van der Waals surface area (Å²) in [5, 5.41) is 1.98. The number of rotatable bonds is 5. The molecule has 2 heterocycles. The first-order chi connectivity index (χ1) is 12.0. The van der Waals surface area contributed by atoms with Gasteiger partial charge in [0.15, 0.2) is 0 Å². The van der Waals surface area contributed by atoms with Crippen molar-refractivity contribution in [3.63, 3.8) is 0 Å². The quantitative estimate of drug-likeness (QED) is 0.494. The van der Waals surface area contributed by atoms with E-state index in [9.17, 15) is 4.79 Å². The number of benzene rings is 1. The van der Waals surface area contributed by atoms with Crippen molar-refractivity contribution in [2.45, 2.75) is 32.3 Å². The van der Waals surface area contributed by atoms with Crippen molar-refractivity contribution in [3.05, 3.63) is 52.2 Å². The molecule has 0 radical (unpaired) electrons. The van der Waals surface area contributed by atoms with E-state index in [0.29, 0.717) is 12.3 Å². The van der Waals surface area contributed by atoms with Gasteiger partial charge in [-0.15, -0.1) is 11.3 Å². The highest BCUT2D eigenvalue weighted by Crippen LogP contribution is 2.34. The van der Waals surface area contributed by atoms with Crippen molar-refractivity contribution in [2.24, 2.45) is 0 Å². The summed E-state index contributed by atoms with van der Waals surface area (Å²) < 4.78 is 0. The van der Waals surface area contributed by atoms with Crippen LogP contribution < -0.4 is 0 Å². The molecule has 0 saturated carbocycles. The fourth-order valence-electron chi connectivity index (χ4n) is 2.63. The molecule has 0 saturated heterocycles. The Hall–Kier alpha value is -1.92. The normalized spacial score (nSPS) is 11.0. The van der Waals surface area contributed by atoms with Gasteiger partial charge in [0.1, 0.15) is 16.2 Å². The number of fused-ring (bicyclic) bond motifs is 1. The molecule has 0 fully saturated rings. The maximum Gasteiger partial charge on any atom is 0.233 e. The van der Waals surface area contributed by atoms with Gasteiger partial charge < -0.3 is 4.90 Å². The van der Waals surface area contributed by atoms with E-state index in [1.165, 1.54) is 33.3 Å². The summed E-state index contributed by atoms with van der Waals surface area (Å²) in [5.74, 6) is 0.479. The molecular formula is C19H21N3OS2. The molecule has 130 valence electrons. The lowest BCUT2D eigenvalue weighted by atomic mass is 10.1. The number of aromatic nitrogens is 2. The number of aryl methyl sites for hydroxylation is 3. The van der Waals surface area contributed by atoms with Crippen molar-refractivity contribution < 1.29 is 4.79 Å². The third-order valence-corrected chi connectivity index (χ3v) is 6.45. The lowest BCUT2D eigenvalue weighted by Gasteiger charge is -2.18. The van der Waals surface area contributed by atoms with Gasteiger partial charge >= 0.3 is 0 Å². The van der Waals surface area contributed by atoms with E-state index in [1.54, 1.807) is 22.6 Å². The smallest absolute Gasteiger partial charge is 0.233 e. The summed E-state index contributed by atoms with van der Waals surface area (Å²) in [6.07, 6.45) is 1.58. The van der Waals surface area contributed by atoms with Crippen LogP contribution in [0.15, 0.2) is 35.6 Å². The first-order valence-electron chi connectivity index (χ1n) is 8.09. The molecule has 2 aromatic heterocycles. The van der Waals surface area contributed by atoms with Crippen LogP contribution in [0.2, 0.25) is 0 Å². The molecule has 3 rings (SSSR count). The maximum absolute atomic E-state index is 12.5. The predicted molar refractivity (Wildman–Crippen MR) is 105 cm³/mol. The second-order valence-corrected chi connectivity index (χ2v) is 8.27. The standard InChI is InChI=1S/C19H21N3OS2/c1-12-7-5-6-8-15(12)9-22(4)16(23)10-24-18-17-13(2)14(3)25-19(17)21-11-20-18/h5-8,11H,9-10H2,1-4H3. The fraction of sp³-hybridized carbons (Fsp3) is 0.316. The number of nitrogens with zero attached hydrogens (tertiary/aromatic N) is 3. The van der Waals surface area contributed by atoms with Crippen LogP contribution in [-0.2, 0) is 11.3 Å². The number of amides is 1. The number of thiophene rings is 1. The molecule has 0 aliphatic rings. The van der Waals surface area contributed by atoms with Crippen LogP contribution in [0.25, 0.3) is 10.2 Å². The highest BCUT2D eigenvalue weighted by atomic mass is 32.2. The summed E-state index contributed by atoms with van der Waals surface area (Å²) in [4.78, 5) is 25.3. The first-order valence-corrected chi connectivity index (χ1v) is 9.89. The van der Waals surface area contributed by atoms with Crippen molar-refractivity contribution in [1.29, 1.82) is 0 Å². The zero-order chi connectivity index (χ0) is 18.0. The molecule has 3 aromatic rings. The zero-order valence-electron chi connectivity index (χ0n) is 14.9. The van der Waals surface area contributed by atoms with Crippen molar-refractivity contribution >= 4 is 39.2 Å². The van der Waals surface area contributed by atoms with Gasteiger partial charge in [-0.05, 0) is 37.5 Å². The third kappa shape index (κ3) is 3.85. The van der Waals surface area contributed by atoms with Crippen LogP contribution in [0.4, 0.5) is 0 Å². The Bertz CT molecular complexity index is 920. The Morgan fingerprint density at radius 2 is 1.96 bits per heavy atom. The van der Waals surface area contributed by atoms with E-state index < -0.39 is 0 Å². The molecule has 0 aliphatic heterocycles. The average molecular weight is 372 g/mol. The van der Waals surface area contributed by atoms with Gasteiger partial charge in [-0.1, -0.05) is 36.0 Å². The Morgan fingerprint density at radius 3 is 2.72 bits per heavy atom. The highest BCUT2D eigenvalue weighted by molar-refractivity contribution is 8.00. The summed E-state index contributed by atoms with van der Waals surface area (Å²) >= 11 is 3.17. The van der Waals surface area contributed by atoms with E-state index in [2.05, 4.69) is 42.9 Å². The molecular weight excluding hydrogens is 350 g/mol. The maximum atomic E-state index is 12.5. The van der Waals surface area contributed by atoms with Gasteiger partial charge in [0, 0.05) is 23.9 Å². The van der Waals surface area contributed by atoms with Crippen LogP contribution in [0, 0.1) is 20.8 Å². The fourth-order valence-corrected chi connectivity index (χ4v) is 4.69. The summed E-state index contributed by atoms with van der Waals surface area (Å²) in [6, 6.07) is 8.16. The molecule has 1 aromatic carbocycles. The molecule has 0 bridgehead atoms. The number of thioether (sulfide) groups is 1. The second kappa shape index (κ2) is 7.54. The van der Waals surface area contributed by atoms with E-state index in [4.69, 9.17) is 0 Å². The van der Waals surface area contributed by atoms with E-state index >= 15 is 0 Å². The van der Waals surface area contributed by atoms with Crippen molar-refractivity contribution in [1.82, 2.24) is 14.9 Å². The molecule has 0 N–H and O–H groups in total. The minimum Gasteiger partial charge on any atom is -0.341 e. The predicted octanol–water partition coefficient (Wildman–Crippen LogP) is 4.37. The third-order valence-electron chi connectivity index (χ3n) is 4.36. The zero-order valence-corrected chi connectivity index (χ0v) is 16.5. The summed E-state index contributed by atoms with van der Waals surface area (Å²) in [6.45, 7) is 6.88. The second-order valence-electron chi connectivity index (χ2n) is 6.11. The molecule has 0 aliphatic carbocycles. The highest BCUT2D eigenvalue weighted by Gasteiger charge is 2.15. The first kappa shape index (κ1) is 17.9. The lowest BCUT2D eigenvalue weighted by Crippen LogP contribution is -2.28. The van der Waals surface area contributed by atoms with Gasteiger partial charge in [0.2, 0.25) is 5.91 Å². The largest absolute Gasteiger partial charge is 0.341 e. The molecule has 25 heavy (non-hydrogen) atoms. The monoisotopic (exact) mass is 371 g/mol.